The van der Waals surface area contributed by atoms with Gasteiger partial charge in [-0.15, -0.1) is 0 Å². The summed E-state index contributed by atoms with van der Waals surface area (Å²) < 4.78 is 16.9. The fourth-order valence-electron chi connectivity index (χ4n) is 8.95. The van der Waals surface area contributed by atoms with Gasteiger partial charge in [-0.2, -0.15) is 0 Å². The van der Waals surface area contributed by atoms with Crippen LogP contribution in [-0.4, -0.2) is 37.2 Å². The van der Waals surface area contributed by atoms with Crippen LogP contribution in [0.1, 0.15) is 329 Å². The van der Waals surface area contributed by atoms with Crippen molar-refractivity contribution in [2.75, 3.05) is 13.2 Å². The standard InChI is InChI=1S/C61H114O6/c1-4-7-10-13-16-19-22-25-27-29-30-32-34-37-39-42-45-48-51-54-60(63)66-57-58(67-61(64)55-52-49-46-43-40-35-24-21-18-15-12-9-6-3)56-65-59(62)53-50-47-44-41-38-36-33-31-28-26-23-20-17-14-11-8-5-2/h16,19,25,27,58H,4-15,17-18,20-24,26,28-57H2,1-3H3/b19-16-,27-25-/t58-/m0/s1. The van der Waals surface area contributed by atoms with E-state index in [4.69, 9.17) is 14.2 Å². The Kier molecular flexibility index (Phi) is 54.7. The second-order valence-electron chi connectivity index (χ2n) is 20.3. The Morgan fingerprint density at radius 3 is 0.851 bits per heavy atom. The van der Waals surface area contributed by atoms with Crippen molar-refractivity contribution in [2.24, 2.45) is 0 Å². The Morgan fingerprint density at radius 2 is 0.537 bits per heavy atom. The fraction of sp³-hybridized carbons (Fsp3) is 0.885. The molecule has 67 heavy (non-hydrogen) atoms. The first-order chi connectivity index (χ1) is 33.0. The molecule has 0 rings (SSSR count). The molecule has 0 radical (unpaired) electrons. The highest BCUT2D eigenvalue weighted by Gasteiger charge is 2.19. The van der Waals surface area contributed by atoms with Gasteiger partial charge in [-0.25, -0.2) is 0 Å². The molecule has 0 amide bonds. The lowest BCUT2D eigenvalue weighted by atomic mass is 10.0. The largest absolute Gasteiger partial charge is 0.462 e. The van der Waals surface area contributed by atoms with Crippen molar-refractivity contribution in [3.05, 3.63) is 24.3 Å². The zero-order chi connectivity index (χ0) is 48.6. The van der Waals surface area contributed by atoms with Crippen LogP contribution in [-0.2, 0) is 28.6 Å². The number of carbonyl (C=O) groups is 3. The van der Waals surface area contributed by atoms with E-state index in [1.54, 1.807) is 0 Å². The van der Waals surface area contributed by atoms with Crippen molar-refractivity contribution < 1.29 is 28.6 Å². The Bertz CT molecular complexity index is 1080. The first-order valence-electron chi connectivity index (χ1n) is 29.8. The highest BCUT2D eigenvalue weighted by Crippen LogP contribution is 2.17. The maximum atomic E-state index is 12.8. The van der Waals surface area contributed by atoms with Crippen LogP contribution in [0.25, 0.3) is 0 Å². The molecule has 0 bridgehead atoms. The molecule has 0 aliphatic heterocycles. The molecule has 0 aromatic heterocycles. The van der Waals surface area contributed by atoms with Gasteiger partial charge in [0.2, 0.25) is 0 Å². The van der Waals surface area contributed by atoms with Crippen molar-refractivity contribution in [3.63, 3.8) is 0 Å². The molecule has 6 heteroatoms. The van der Waals surface area contributed by atoms with Crippen LogP contribution >= 0.6 is 0 Å². The van der Waals surface area contributed by atoms with Gasteiger partial charge in [0, 0.05) is 19.3 Å². The molecule has 0 aliphatic carbocycles. The quantitative estimate of drug-likeness (QED) is 0.0262. The molecule has 394 valence electrons. The maximum absolute atomic E-state index is 12.8. The summed E-state index contributed by atoms with van der Waals surface area (Å²) in [4.78, 5) is 38.2. The number of hydrogen-bond donors (Lipinski definition) is 0. The lowest BCUT2D eigenvalue weighted by molar-refractivity contribution is -0.167. The number of ether oxygens (including phenoxy) is 3. The van der Waals surface area contributed by atoms with E-state index >= 15 is 0 Å². The van der Waals surface area contributed by atoms with E-state index in [1.807, 2.05) is 0 Å². The summed E-state index contributed by atoms with van der Waals surface area (Å²) in [6.45, 7) is 6.67. The van der Waals surface area contributed by atoms with Gasteiger partial charge in [-0.3, -0.25) is 14.4 Å². The highest BCUT2D eigenvalue weighted by molar-refractivity contribution is 5.71. The van der Waals surface area contributed by atoms with Gasteiger partial charge in [0.1, 0.15) is 13.2 Å². The van der Waals surface area contributed by atoms with Gasteiger partial charge in [0.15, 0.2) is 6.10 Å². The number of carbonyl (C=O) groups excluding carboxylic acids is 3. The predicted octanol–water partition coefficient (Wildman–Crippen LogP) is 19.9. The second kappa shape index (κ2) is 56.5. The van der Waals surface area contributed by atoms with Gasteiger partial charge in [0.25, 0.3) is 0 Å². The monoisotopic (exact) mass is 943 g/mol. The SMILES string of the molecule is CCCCC/C=C\C/C=C\CCCCCCCCCCCC(=O)OC[C@H](COC(=O)CCCCCCCCCCCCCCCCCCC)OC(=O)CCCCCCCCCCCCCCC. The Labute approximate surface area is 417 Å². The van der Waals surface area contributed by atoms with Crippen LogP contribution in [0.5, 0.6) is 0 Å². The van der Waals surface area contributed by atoms with Crippen molar-refractivity contribution >= 4 is 17.9 Å². The summed E-state index contributed by atoms with van der Waals surface area (Å²) in [5.41, 5.74) is 0. The third-order valence-electron chi connectivity index (χ3n) is 13.5. The zero-order valence-electron chi connectivity index (χ0n) is 45.2. The van der Waals surface area contributed by atoms with Crippen LogP contribution in [0.4, 0.5) is 0 Å². The van der Waals surface area contributed by atoms with Crippen LogP contribution in [0.15, 0.2) is 24.3 Å². The topological polar surface area (TPSA) is 78.9 Å². The average molecular weight is 944 g/mol. The second-order valence-corrected chi connectivity index (χ2v) is 20.3. The van der Waals surface area contributed by atoms with Crippen molar-refractivity contribution in [3.8, 4) is 0 Å². The molecular weight excluding hydrogens is 829 g/mol. The lowest BCUT2D eigenvalue weighted by Gasteiger charge is -2.18. The zero-order valence-corrected chi connectivity index (χ0v) is 45.2. The first kappa shape index (κ1) is 64.9. The highest BCUT2D eigenvalue weighted by atomic mass is 16.6. The Morgan fingerprint density at radius 1 is 0.299 bits per heavy atom. The molecule has 0 saturated carbocycles. The smallest absolute Gasteiger partial charge is 0.306 e. The van der Waals surface area contributed by atoms with Gasteiger partial charge < -0.3 is 14.2 Å². The van der Waals surface area contributed by atoms with Crippen molar-refractivity contribution in [2.45, 2.75) is 335 Å². The Hall–Kier alpha value is -2.11. The number of allylic oxidation sites excluding steroid dienone is 4. The first-order valence-corrected chi connectivity index (χ1v) is 29.8. The molecule has 0 spiro atoms. The molecule has 0 N–H and O–H groups in total. The van der Waals surface area contributed by atoms with Gasteiger partial charge in [0.05, 0.1) is 0 Å². The summed E-state index contributed by atoms with van der Waals surface area (Å²) in [5.74, 6) is -0.847. The molecule has 1 atom stereocenters. The molecule has 0 unspecified atom stereocenters. The minimum atomic E-state index is -0.767. The number of rotatable bonds is 55. The van der Waals surface area contributed by atoms with Crippen LogP contribution in [0.2, 0.25) is 0 Å². The molecule has 0 aliphatic rings. The van der Waals surface area contributed by atoms with Crippen molar-refractivity contribution in [1.82, 2.24) is 0 Å². The van der Waals surface area contributed by atoms with Gasteiger partial charge in [-0.1, -0.05) is 283 Å². The third kappa shape index (κ3) is 54.7. The van der Waals surface area contributed by atoms with Gasteiger partial charge in [-0.05, 0) is 51.4 Å². The summed E-state index contributed by atoms with van der Waals surface area (Å²) in [5, 5.41) is 0. The summed E-state index contributed by atoms with van der Waals surface area (Å²) in [6, 6.07) is 0. The average Bonchev–Trinajstić information content (AvgIpc) is 3.33. The van der Waals surface area contributed by atoms with E-state index < -0.39 is 6.10 Å². The third-order valence-corrected chi connectivity index (χ3v) is 13.5. The Balaban J connectivity index is 4.29. The molecule has 0 aromatic carbocycles. The summed E-state index contributed by atoms with van der Waals surface area (Å²) in [6.07, 6.45) is 65.9. The van der Waals surface area contributed by atoms with E-state index in [9.17, 15) is 14.4 Å². The van der Waals surface area contributed by atoms with E-state index in [0.29, 0.717) is 19.3 Å². The maximum Gasteiger partial charge on any atom is 0.306 e. The summed E-state index contributed by atoms with van der Waals surface area (Å²) in [7, 11) is 0. The van der Waals surface area contributed by atoms with Crippen LogP contribution < -0.4 is 0 Å². The molecule has 0 fully saturated rings. The minimum Gasteiger partial charge on any atom is -0.462 e. The molecule has 0 saturated heterocycles. The van der Waals surface area contributed by atoms with Gasteiger partial charge >= 0.3 is 17.9 Å². The van der Waals surface area contributed by atoms with E-state index in [2.05, 4.69) is 45.1 Å². The fourth-order valence-corrected chi connectivity index (χ4v) is 8.95. The predicted molar refractivity (Wildman–Crippen MR) is 289 cm³/mol. The number of hydrogen-bond acceptors (Lipinski definition) is 6. The minimum absolute atomic E-state index is 0.0665. The molecule has 0 heterocycles. The summed E-state index contributed by atoms with van der Waals surface area (Å²) >= 11 is 0. The number of unbranched alkanes of at least 4 members (excludes halogenated alkanes) is 40. The van der Waals surface area contributed by atoms with Crippen molar-refractivity contribution in [1.29, 1.82) is 0 Å². The molecular formula is C61H114O6. The van der Waals surface area contributed by atoms with Crippen LogP contribution in [0, 0.1) is 0 Å². The normalized spacial score (nSPS) is 12.1. The molecule has 6 nitrogen and oxygen atoms in total. The van der Waals surface area contributed by atoms with E-state index in [0.717, 1.165) is 64.2 Å². The van der Waals surface area contributed by atoms with E-state index in [1.165, 1.54) is 225 Å². The van der Waals surface area contributed by atoms with Crippen LogP contribution in [0.3, 0.4) is 0 Å². The lowest BCUT2D eigenvalue weighted by Crippen LogP contribution is -2.30. The number of esters is 3. The van der Waals surface area contributed by atoms with E-state index in [-0.39, 0.29) is 31.1 Å². The molecule has 0 aromatic rings.